The third-order valence-corrected chi connectivity index (χ3v) is 5.41. The van der Waals surface area contributed by atoms with E-state index in [1.54, 1.807) is 31.2 Å². The van der Waals surface area contributed by atoms with E-state index in [0.717, 1.165) is 5.56 Å². The number of para-hydroxylation sites is 1. The number of esters is 1. The van der Waals surface area contributed by atoms with Crippen LogP contribution >= 0.6 is 20.1 Å². The molecule has 0 bridgehead atoms. The quantitative estimate of drug-likeness (QED) is 0.347. The third kappa shape index (κ3) is 7.06. The van der Waals surface area contributed by atoms with E-state index < -0.39 is 20.5 Å². The number of carbonyl (C=O) groups is 1. The van der Waals surface area contributed by atoms with Crippen LogP contribution in [-0.2, 0) is 16.1 Å². The van der Waals surface area contributed by atoms with Gasteiger partial charge in [-0.1, -0.05) is 60.1 Å². The third-order valence-electron chi connectivity index (χ3n) is 3.81. The predicted molar refractivity (Wildman–Crippen MR) is 115 cm³/mol. The molecule has 150 valence electrons. The molecule has 0 radical (unpaired) electrons. The van der Waals surface area contributed by atoms with Crippen LogP contribution < -0.4 is 14.1 Å². The van der Waals surface area contributed by atoms with Crippen molar-refractivity contribution >= 4 is 26.1 Å². The highest BCUT2D eigenvalue weighted by Gasteiger charge is 2.24. The van der Waals surface area contributed by atoms with Crippen molar-refractivity contribution in [3.63, 3.8) is 0 Å². The molecule has 0 heterocycles. The first-order chi connectivity index (χ1) is 14.1. The van der Waals surface area contributed by atoms with Crippen LogP contribution in [-0.4, -0.2) is 12.0 Å². The summed E-state index contributed by atoms with van der Waals surface area (Å²) in [5.41, 5.74) is 0.924. The normalized spacial score (nSPS) is 12.6. The molecule has 2 unspecified atom stereocenters. The Bertz CT molecular complexity index is 894. The molecule has 0 saturated heterocycles. The molecule has 0 aliphatic heterocycles. The van der Waals surface area contributed by atoms with Gasteiger partial charge in [-0.3, -0.25) is 4.79 Å². The van der Waals surface area contributed by atoms with Crippen molar-refractivity contribution in [1.29, 1.82) is 0 Å². The molecule has 0 fully saturated rings. The monoisotopic (exact) mass is 429 g/mol. The molecule has 29 heavy (non-hydrogen) atoms. The fourth-order valence-electron chi connectivity index (χ4n) is 2.30. The SMILES string of the molecule is CC(NP(Oc1ccccc1)Oc1ccc(Cl)cc1)C(=O)OCc1ccccc1. The van der Waals surface area contributed by atoms with Gasteiger partial charge < -0.3 is 13.8 Å². The van der Waals surface area contributed by atoms with Gasteiger partial charge in [-0.2, -0.15) is 0 Å². The molecule has 5 nitrogen and oxygen atoms in total. The Morgan fingerprint density at radius 1 is 0.897 bits per heavy atom. The molecule has 0 spiro atoms. The van der Waals surface area contributed by atoms with Crippen molar-refractivity contribution in [2.45, 2.75) is 19.6 Å². The molecular formula is C22H21ClNO4P. The Labute approximate surface area is 176 Å². The van der Waals surface area contributed by atoms with Gasteiger partial charge in [0.15, 0.2) is 0 Å². The summed E-state index contributed by atoms with van der Waals surface area (Å²) in [7, 11) is -1.65. The molecule has 0 aromatic heterocycles. The van der Waals surface area contributed by atoms with Gasteiger partial charge in [-0.15, -0.1) is 0 Å². The minimum absolute atomic E-state index is 0.210. The Morgan fingerprint density at radius 3 is 2.07 bits per heavy atom. The van der Waals surface area contributed by atoms with Crippen molar-refractivity contribution < 1.29 is 18.6 Å². The van der Waals surface area contributed by atoms with Crippen molar-refractivity contribution in [2.24, 2.45) is 0 Å². The topological polar surface area (TPSA) is 56.8 Å². The highest BCUT2D eigenvalue weighted by molar-refractivity contribution is 7.45. The average molecular weight is 430 g/mol. The van der Waals surface area contributed by atoms with Gasteiger partial charge in [0.25, 0.3) is 0 Å². The molecular weight excluding hydrogens is 409 g/mol. The van der Waals surface area contributed by atoms with E-state index in [1.807, 2.05) is 60.7 Å². The van der Waals surface area contributed by atoms with Crippen molar-refractivity contribution in [1.82, 2.24) is 5.09 Å². The summed E-state index contributed by atoms with van der Waals surface area (Å²) in [5, 5.41) is 3.69. The van der Waals surface area contributed by atoms with Crippen molar-refractivity contribution in [3.05, 3.63) is 95.5 Å². The molecule has 0 aliphatic carbocycles. The number of benzene rings is 3. The summed E-state index contributed by atoms with van der Waals surface area (Å²) in [6, 6.07) is 25.1. The van der Waals surface area contributed by atoms with Crippen LogP contribution in [0.4, 0.5) is 0 Å². The number of halogens is 1. The van der Waals surface area contributed by atoms with Gasteiger partial charge in [-0.25, -0.2) is 5.09 Å². The van der Waals surface area contributed by atoms with E-state index in [4.69, 9.17) is 25.4 Å². The minimum atomic E-state index is -1.65. The molecule has 0 aliphatic rings. The zero-order valence-corrected chi connectivity index (χ0v) is 17.5. The lowest BCUT2D eigenvalue weighted by Gasteiger charge is -2.22. The van der Waals surface area contributed by atoms with Gasteiger partial charge in [0.2, 0.25) is 0 Å². The van der Waals surface area contributed by atoms with Crippen molar-refractivity contribution in [3.8, 4) is 11.5 Å². The first-order valence-corrected chi connectivity index (χ1v) is 10.6. The summed E-state index contributed by atoms with van der Waals surface area (Å²) < 4.78 is 17.2. The van der Waals surface area contributed by atoms with Gasteiger partial charge in [0, 0.05) is 5.02 Å². The van der Waals surface area contributed by atoms with Crippen LogP contribution in [0, 0.1) is 0 Å². The van der Waals surface area contributed by atoms with Gasteiger partial charge in [-0.05, 0) is 48.9 Å². The van der Waals surface area contributed by atoms with Gasteiger partial charge >= 0.3 is 14.5 Å². The van der Waals surface area contributed by atoms with E-state index in [2.05, 4.69) is 5.09 Å². The molecule has 7 heteroatoms. The molecule has 3 aromatic carbocycles. The second-order valence-corrected chi connectivity index (χ2v) is 7.72. The standard InChI is InChI=1S/C22H21ClNO4P/c1-17(22(25)26-16-18-8-4-2-5-9-18)24-29(27-20-10-6-3-7-11-20)28-21-14-12-19(23)13-15-21/h2-15,17,24H,16H2,1H3. The minimum Gasteiger partial charge on any atom is -0.460 e. The van der Waals surface area contributed by atoms with E-state index in [0.29, 0.717) is 16.5 Å². The number of rotatable bonds is 9. The highest BCUT2D eigenvalue weighted by atomic mass is 35.5. The lowest BCUT2D eigenvalue weighted by atomic mass is 10.2. The maximum Gasteiger partial charge on any atom is 0.382 e. The Kier molecular flexibility index (Phi) is 7.88. The maximum atomic E-state index is 12.4. The zero-order chi connectivity index (χ0) is 20.5. The van der Waals surface area contributed by atoms with Crippen LogP contribution in [0.25, 0.3) is 0 Å². The Balaban J connectivity index is 1.62. The average Bonchev–Trinajstić information content (AvgIpc) is 2.75. The van der Waals surface area contributed by atoms with Gasteiger partial charge in [0.1, 0.15) is 24.1 Å². The fourth-order valence-corrected chi connectivity index (χ4v) is 3.62. The Morgan fingerprint density at radius 2 is 1.45 bits per heavy atom. The number of carbonyl (C=O) groups excluding carboxylic acids is 1. The highest BCUT2D eigenvalue weighted by Crippen LogP contribution is 2.37. The first kappa shape index (κ1) is 21.1. The number of hydrogen-bond acceptors (Lipinski definition) is 5. The van der Waals surface area contributed by atoms with Crippen LogP contribution in [0.3, 0.4) is 0 Å². The van der Waals surface area contributed by atoms with Crippen LogP contribution in [0.5, 0.6) is 11.5 Å². The molecule has 0 saturated carbocycles. The van der Waals surface area contributed by atoms with E-state index in [-0.39, 0.29) is 6.61 Å². The second-order valence-electron chi connectivity index (χ2n) is 6.15. The predicted octanol–water partition coefficient (Wildman–Crippen LogP) is 5.75. The van der Waals surface area contributed by atoms with E-state index in [1.165, 1.54) is 0 Å². The maximum absolute atomic E-state index is 12.4. The second kappa shape index (κ2) is 10.8. The van der Waals surface area contributed by atoms with Gasteiger partial charge in [0.05, 0.1) is 0 Å². The smallest absolute Gasteiger partial charge is 0.382 e. The first-order valence-electron chi connectivity index (χ1n) is 9.03. The van der Waals surface area contributed by atoms with E-state index in [9.17, 15) is 4.79 Å². The molecule has 1 N–H and O–H groups in total. The lowest BCUT2D eigenvalue weighted by Crippen LogP contribution is -2.34. The molecule has 3 aromatic rings. The summed E-state index contributed by atoms with van der Waals surface area (Å²) in [5.74, 6) is 0.816. The summed E-state index contributed by atoms with van der Waals surface area (Å²) in [6.45, 7) is 1.92. The number of ether oxygens (including phenoxy) is 1. The zero-order valence-electron chi connectivity index (χ0n) is 15.8. The fraction of sp³-hybridized carbons (Fsp3) is 0.136. The summed E-state index contributed by atoms with van der Waals surface area (Å²) in [4.78, 5) is 12.4. The lowest BCUT2D eigenvalue weighted by molar-refractivity contribution is -0.146. The number of nitrogens with one attached hydrogen (secondary N) is 1. The van der Waals surface area contributed by atoms with Crippen LogP contribution in [0.2, 0.25) is 5.02 Å². The molecule has 2 atom stereocenters. The molecule has 0 amide bonds. The summed E-state index contributed by atoms with van der Waals surface area (Å²) in [6.07, 6.45) is 0. The molecule has 3 rings (SSSR count). The largest absolute Gasteiger partial charge is 0.460 e. The number of hydrogen-bond donors (Lipinski definition) is 1. The Hall–Kier alpha value is -2.59. The van der Waals surface area contributed by atoms with Crippen molar-refractivity contribution in [2.75, 3.05) is 0 Å². The van der Waals surface area contributed by atoms with E-state index >= 15 is 0 Å². The van der Waals surface area contributed by atoms with Crippen LogP contribution in [0.1, 0.15) is 12.5 Å². The summed E-state index contributed by atoms with van der Waals surface area (Å²) >= 11 is 5.93. The van der Waals surface area contributed by atoms with Crippen LogP contribution in [0.15, 0.2) is 84.9 Å².